The summed E-state index contributed by atoms with van der Waals surface area (Å²) in [6.07, 6.45) is 0.639. The van der Waals surface area contributed by atoms with Crippen LogP contribution in [0.15, 0.2) is 53.1 Å². The predicted molar refractivity (Wildman–Crippen MR) is 109 cm³/mol. The standard InChI is InChI=1S/C21H24N4O3/c1-4-27-18-11-7-16(8-12-18)22-19(26)13-14-20-23-21(24-28-20)15-5-9-17(10-6-15)25(2)3/h5-12H,4,13-14H2,1-3H3,(H,22,26). The van der Waals surface area contributed by atoms with Crippen LogP contribution in [-0.2, 0) is 11.2 Å². The van der Waals surface area contributed by atoms with Crippen LogP contribution < -0.4 is 15.0 Å². The third kappa shape index (κ3) is 5.09. The van der Waals surface area contributed by atoms with Crippen molar-refractivity contribution in [3.8, 4) is 17.1 Å². The van der Waals surface area contributed by atoms with Gasteiger partial charge in [-0.25, -0.2) is 0 Å². The third-order valence-electron chi connectivity index (χ3n) is 4.12. The number of aromatic nitrogens is 2. The number of hydrogen-bond donors (Lipinski definition) is 1. The first-order valence-electron chi connectivity index (χ1n) is 9.18. The van der Waals surface area contributed by atoms with E-state index in [-0.39, 0.29) is 12.3 Å². The molecular formula is C21H24N4O3. The Morgan fingerprint density at radius 1 is 1.11 bits per heavy atom. The van der Waals surface area contributed by atoms with Gasteiger partial charge < -0.3 is 19.5 Å². The van der Waals surface area contributed by atoms with Crippen molar-refractivity contribution in [3.05, 3.63) is 54.4 Å². The number of ether oxygens (including phenoxy) is 1. The Kier molecular flexibility index (Phi) is 6.26. The van der Waals surface area contributed by atoms with Gasteiger partial charge in [0.25, 0.3) is 0 Å². The summed E-state index contributed by atoms with van der Waals surface area (Å²) in [6, 6.07) is 15.2. The molecule has 1 heterocycles. The third-order valence-corrected chi connectivity index (χ3v) is 4.12. The van der Waals surface area contributed by atoms with Crippen LogP contribution in [0, 0.1) is 0 Å². The summed E-state index contributed by atoms with van der Waals surface area (Å²) in [5, 5.41) is 6.85. The van der Waals surface area contributed by atoms with E-state index in [2.05, 4.69) is 15.5 Å². The molecular weight excluding hydrogens is 356 g/mol. The second-order valence-corrected chi connectivity index (χ2v) is 6.46. The Hall–Kier alpha value is -3.35. The smallest absolute Gasteiger partial charge is 0.227 e. The van der Waals surface area contributed by atoms with Gasteiger partial charge >= 0.3 is 0 Å². The Bertz CT molecular complexity index is 902. The van der Waals surface area contributed by atoms with Crippen LogP contribution in [0.2, 0.25) is 0 Å². The molecule has 28 heavy (non-hydrogen) atoms. The van der Waals surface area contributed by atoms with E-state index < -0.39 is 0 Å². The molecule has 0 aliphatic carbocycles. The lowest BCUT2D eigenvalue weighted by Crippen LogP contribution is -2.12. The monoisotopic (exact) mass is 380 g/mol. The topological polar surface area (TPSA) is 80.5 Å². The van der Waals surface area contributed by atoms with Crippen molar-refractivity contribution in [2.75, 3.05) is 30.9 Å². The number of amides is 1. The summed E-state index contributed by atoms with van der Waals surface area (Å²) >= 11 is 0. The highest BCUT2D eigenvalue weighted by Crippen LogP contribution is 2.20. The van der Waals surface area contributed by atoms with Crippen LogP contribution in [-0.4, -0.2) is 36.8 Å². The molecule has 0 aliphatic rings. The predicted octanol–water partition coefficient (Wildman–Crippen LogP) is 3.77. The molecule has 2 aromatic carbocycles. The molecule has 7 heteroatoms. The van der Waals surface area contributed by atoms with Crippen LogP contribution in [0.5, 0.6) is 5.75 Å². The van der Waals surface area contributed by atoms with Crippen molar-refractivity contribution in [1.29, 1.82) is 0 Å². The van der Waals surface area contributed by atoms with Gasteiger partial charge in [0.2, 0.25) is 17.6 Å². The number of nitrogens with zero attached hydrogens (tertiary/aromatic N) is 3. The summed E-state index contributed by atoms with van der Waals surface area (Å²) in [5.74, 6) is 1.62. The average molecular weight is 380 g/mol. The van der Waals surface area contributed by atoms with Gasteiger partial charge in [0.15, 0.2) is 0 Å². The maximum atomic E-state index is 12.1. The zero-order valence-electron chi connectivity index (χ0n) is 16.3. The SMILES string of the molecule is CCOc1ccc(NC(=O)CCc2nc(-c3ccc(N(C)C)cc3)no2)cc1. The Morgan fingerprint density at radius 2 is 1.82 bits per heavy atom. The molecule has 146 valence electrons. The van der Waals surface area contributed by atoms with Crippen LogP contribution in [0.25, 0.3) is 11.4 Å². The molecule has 0 saturated heterocycles. The maximum absolute atomic E-state index is 12.1. The fourth-order valence-electron chi connectivity index (χ4n) is 2.63. The Balaban J connectivity index is 1.52. The minimum absolute atomic E-state index is 0.112. The molecule has 7 nitrogen and oxygen atoms in total. The first kappa shape index (κ1) is 19.4. The van der Waals surface area contributed by atoms with E-state index in [1.807, 2.05) is 74.4 Å². The lowest BCUT2D eigenvalue weighted by Gasteiger charge is -2.11. The highest BCUT2D eigenvalue weighted by molar-refractivity contribution is 5.90. The van der Waals surface area contributed by atoms with Gasteiger partial charge in [0.1, 0.15) is 5.75 Å². The first-order chi connectivity index (χ1) is 13.5. The van der Waals surface area contributed by atoms with Crippen molar-refractivity contribution in [2.24, 2.45) is 0 Å². The minimum Gasteiger partial charge on any atom is -0.494 e. The summed E-state index contributed by atoms with van der Waals surface area (Å²) in [4.78, 5) is 18.5. The number of hydrogen-bond acceptors (Lipinski definition) is 6. The number of nitrogens with one attached hydrogen (secondary N) is 1. The lowest BCUT2D eigenvalue weighted by molar-refractivity contribution is -0.116. The van der Waals surface area contributed by atoms with Crippen LogP contribution >= 0.6 is 0 Å². The second-order valence-electron chi connectivity index (χ2n) is 6.46. The summed E-state index contributed by atoms with van der Waals surface area (Å²) in [5.41, 5.74) is 2.69. The van der Waals surface area contributed by atoms with Gasteiger partial charge in [0.05, 0.1) is 6.61 Å². The summed E-state index contributed by atoms with van der Waals surface area (Å²) < 4.78 is 10.7. The molecule has 0 bridgehead atoms. The molecule has 1 N–H and O–H groups in total. The molecule has 0 atom stereocenters. The molecule has 0 fully saturated rings. The van der Waals surface area contributed by atoms with Gasteiger partial charge in [0, 0.05) is 43.9 Å². The van der Waals surface area contributed by atoms with Gasteiger partial charge in [-0.2, -0.15) is 4.98 Å². The molecule has 0 aliphatic heterocycles. The fraction of sp³-hybridized carbons (Fsp3) is 0.286. The second kappa shape index (κ2) is 9.03. The molecule has 1 amide bonds. The van der Waals surface area contributed by atoms with E-state index in [0.29, 0.717) is 24.7 Å². The van der Waals surface area contributed by atoms with Gasteiger partial charge in [-0.15, -0.1) is 0 Å². The van der Waals surface area contributed by atoms with E-state index in [4.69, 9.17) is 9.26 Å². The van der Waals surface area contributed by atoms with Crippen molar-refractivity contribution in [1.82, 2.24) is 10.1 Å². The molecule has 0 saturated carbocycles. The Labute approximate surface area is 164 Å². The van der Waals surface area contributed by atoms with Crippen LogP contribution in [0.1, 0.15) is 19.2 Å². The number of aryl methyl sites for hydroxylation is 1. The minimum atomic E-state index is -0.112. The summed E-state index contributed by atoms with van der Waals surface area (Å²) in [7, 11) is 3.97. The normalized spacial score (nSPS) is 10.5. The zero-order chi connectivity index (χ0) is 19.9. The molecule has 0 unspecified atom stereocenters. The zero-order valence-corrected chi connectivity index (χ0v) is 16.3. The fourth-order valence-corrected chi connectivity index (χ4v) is 2.63. The van der Waals surface area contributed by atoms with E-state index >= 15 is 0 Å². The van der Waals surface area contributed by atoms with E-state index in [0.717, 1.165) is 22.7 Å². The van der Waals surface area contributed by atoms with Crippen molar-refractivity contribution in [3.63, 3.8) is 0 Å². The van der Waals surface area contributed by atoms with Crippen molar-refractivity contribution in [2.45, 2.75) is 19.8 Å². The Morgan fingerprint density at radius 3 is 2.46 bits per heavy atom. The van der Waals surface area contributed by atoms with E-state index in [9.17, 15) is 4.79 Å². The number of carbonyl (C=O) groups excluding carboxylic acids is 1. The number of benzene rings is 2. The van der Waals surface area contributed by atoms with Crippen molar-refractivity contribution < 1.29 is 14.1 Å². The lowest BCUT2D eigenvalue weighted by atomic mass is 10.2. The molecule has 0 radical (unpaired) electrons. The van der Waals surface area contributed by atoms with Gasteiger partial charge in [-0.05, 0) is 55.5 Å². The number of rotatable bonds is 8. The van der Waals surface area contributed by atoms with Crippen LogP contribution in [0.4, 0.5) is 11.4 Å². The largest absolute Gasteiger partial charge is 0.494 e. The highest BCUT2D eigenvalue weighted by atomic mass is 16.5. The van der Waals surface area contributed by atoms with E-state index in [1.165, 1.54) is 0 Å². The quantitative estimate of drug-likeness (QED) is 0.641. The number of anilines is 2. The van der Waals surface area contributed by atoms with Crippen molar-refractivity contribution >= 4 is 17.3 Å². The van der Waals surface area contributed by atoms with E-state index in [1.54, 1.807) is 0 Å². The first-order valence-corrected chi connectivity index (χ1v) is 9.18. The molecule has 0 spiro atoms. The maximum Gasteiger partial charge on any atom is 0.227 e. The molecule has 3 rings (SSSR count). The highest BCUT2D eigenvalue weighted by Gasteiger charge is 2.11. The molecule has 3 aromatic rings. The van der Waals surface area contributed by atoms with Gasteiger partial charge in [-0.3, -0.25) is 4.79 Å². The van der Waals surface area contributed by atoms with Gasteiger partial charge in [-0.1, -0.05) is 5.16 Å². The summed E-state index contributed by atoms with van der Waals surface area (Å²) in [6.45, 7) is 2.54. The van der Waals surface area contributed by atoms with Crippen LogP contribution in [0.3, 0.4) is 0 Å². The molecule has 1 aromatic heterocycles. The average Bonchev–Trinajstić information content (AvgIpc) is 3.17. The number of carbonyl (C=O) groups is 1.